The van der Waals surface area contributed by atoms with Gasteiger partial charge in [0.2, 0.25) is 5.95 Å². The van der Waals surface area contributed by atoms with Gasteiger partial charge < -0.3 is 9.64 Å². The molecule has 0 spiro atoms. The Balaban J connectivity index is 1.46. The maximum Gasteiger partial charge on any atom is 0.255 e. The summed E-state index contributed by atoms with van der Waals surface area (Å²) >= 11 is 1.73. The molecule has 4 heterocycles. The number of ether oxygens (including phenoxy) is 1. The zero-order chi connectivity index (χ0) is 21.2. The van der Waals surface area contributed by atoms with Crippen LogP contribution < -0.4 is 10.5 Å². The molecule has 1 fully saturated rings. The van der Waals surface area contributed by atoms with Gasteiger partial charge >= 0.3 is 0 Å². The molecule has 0 saturated carbocycles. The van der Waals surface area contributed by atoms with Gasteiger partial charge in [-0.2, -0.15) is 0 Å². The van der Waals surface area contributed by atoms with E-state index in [0.29, 0.717) is 31.3 Å². The van der Waals surface area contributed by atoms with Gasteiger partial charge in [0.1, 0.15) is 6.10 Å². The smallest absolute Gasteiger partial charge is 0.255 e. The van der Waals surface area contributed by atoms with E-state index in [1.165, 1.54) is 10.4 Å². The second kappa shape index (κ2) is 8.45. The summed E-state index contributed by atoms with van der Waals surface area (Å²) in [5, 5.41) is 2.09. The Morgan fingerprint density at radius 3 is 2.74 bits per heavy atom. The van der Waals surface area contributed by atoms with Crippen LogP contribution >= 0.6 is 11.3 Å². The van der Waals surface area contributed by atoms with Gasteiger partial charge in [-0.3, -0.25) is 14.3 Å². The largest absolute Gasteiger partial charge is 0.370 e. The van der Waals surface area contributed by atoms with E-state index >= 15 is 0 Å². The van der Waals surface area contributed by atoms with Gasteiger partial charge in [-0.1, -0.05) is 24.3 Å². The summed E-state index contributed by atoms with van der Waals surface area (Å²) in [6.07, 6.45) is 3.33. The van der Waals surface area contributed by atoms with Crippen molar-refractivity contribution in [1.29, 1.82) is 0 Å². The molecule has 0 amide bonds. The van der Waals surface area contributed by atoms with Crippen molar-refractivity contribution in [1.82, 2.24) is 14.5 Å². The average molecular weight is 431 g/mol. The Kier molecular flexibility index (Phi) is 5.36. The zero-order valence-electron chi connectivity index (χ0n) is 17.1. The second-order valence-electron chi connectivity index (χ2n) is 7.48. The number of pyridine rings is 1. The average Bonchev–Trinajstić information content (AvgIpc) is 3.37. The first-order valence-electron chi connectivity index (χ1n) is 10.2. The highest BCUT2D eigenvalue weighted by Gasteiger charge is 2.25. The lowest BCUT2D eigenvalue weighted by molar-refractivity contribution is 0.0390. The number of aromatic nitrogens is 3. The standard InChI is InChI=1S/C24H22N4O2S/c1-27-23(29)15-20(17-7-9-25-10-8-17)26-24(27)28-11-12-30-21(16-28)18-4-2-5-19(14-18)22-6-3-13-31-22/h2-10,13-15,21H,11-12,16H2,1H3. The molecular formula is C24H22N4O2S. The van der Waals surface area contributed by atoms with Crippen molar-refractivity contribution < 1.29 is 4.74 Å². The second-order valence-corrected chi connectivity index (χ2v) is 8.43. The van der Waals surface area contributed by atoms with Crippen LogP contribution in [0.4, 0.5) is 5.95 Å². The van der Waals surface area contributed by atoms with Crippen LogP contribution in [0.15, 0.2) is 77.2 Å². The third kappa shape index (κ3) is 4.02. The molecule has 1 unspecified atom stereocenters. The summed E-state index contributed by atoms with van der Waals surface area (Å²) < 4.78 is 7.72. The minimum atomic E-state index is -0.0878. The number of anilines is 1. The monoisotopic (exact) mass is 430 g/mol. The molecule has 1 aromatic carbocycles. The van der Waals surface area contributed by atoms with Gasteiger partial charge in [-0.15, -0.1) is 11.3 Å². The summed E-state index contributed by atoms with van der Waals surface area (Å²) in [6.45, 7) is 1.89. The third-order valence-electron chi connectivity index (χ3n) is 5.50. The normalized spacial score (nSPS) is 16.4. The van der Waals surface area contributed by atoms with Crippen molar-refractivity contribution in [3.8, 4) is 21.7 Å². The number of benzene rings is 1. The summed E-state index contributed by atoms with van der Waals surface area (Å²) in [6, 6.07) is 18.0. The summed E-state index contributed by atoms with van der Waals surface area (Å²) in [5.74, 6) is 0.655. The Morgan fingerprint density at radius 2 is 1.94 bits per heavy atom. The number of morpholine rings is 1. The topological polar surface area (TPSA) is 60.2 Å². The van der Waals surface area contributed by atoms with Gasteiger partial charge in [0.15, 0.2) is 0 Å². The molecule has 156 valence electrons. The van der Waals surface area contributed by atoms with Gasteiger partial charge in [0, 0.05) is 42.5 Å². The van der Waals surface area contributed by atoms with E-state index < -0.39 is 0 Å². The molecule has 0 radical (unpaired) electrons. The van der Waals surface area contributed by atoms with E-state index in [-0.39, 0.29) is 11.7 Å². The van der Waals surface area contributed by atoms with E-state index in [1.54, 1.807) is 41.4 Å². The van der Waals surface area contributed by atoms with Crippen LogP contribution in [0.1, 0.15) is 11.7 Å². The zero-order valence-corrected chi connectivity index (χ0v) is 18.0. The lowest BCUT2D eigenvalue weighted by Gasteiger charge is -2.34. The molecule has 5 rings (SSSR count). The lowest BCUT2D eigenvalue weighted by Crippen LogP contribution is -2.41. The van der Waals surface area contributed by atoms with E-state index in [9.17, 15) is 4.79 Å². The molecule has 4 aromatic rings. The van der Waals surface area contributed by atoms with Crippen LogP contribution in [0.5, 0.6) is 0 Å². The fourth-order valence-corrected chi connectivity index (χ4v) is 4.57. The highest BCUT2D eigenvalue weighted by atomic mass is 32.1. The molecule has 1 aliphatic rings. The van der Waals surface area contributed by atoms with Crippen LogP contribution in [0, 0.1) is 0 Å². The summed E-state index contributed by atoms with van der Waals surface area (Å²) in [7, 11) is 1.77. The summed E-state index contributed by atoms with van der Waals surface area (Å²) in [4.78, 5) is 24.9. The van der Waals surface area contributed by atoms with Gasteiger partial charge in [-0.05, 0) is 40.8 Å². The minimum Gasteiger partial charge on any atom is -0.370 e. The third-order valence-corrected chi connectivity index (χ3v) is 6.42. The SMILES string of the molecule is Cn1c(N2CCOC(c3cccc(-c4cccs4)c3)C2)nc(-c2ccncc2)cc1=O. The molecule has 0 N–H and O–H groups in total. The summed E-state index contributed by atoms with van der Waals surface area (Å²) in [5.41, 5.74) is 3.77. The lowest BCUT2D eigenvalue weighted by atomic mass is 10.0. The molecular weight excluding hydrogens is 408 g/mol. The highest BCUT2D eigenvalue weighted by molar-refractivity contribution is 7.13. The van der Waals surface area contributed by atoms with E-state index in [4.69, 9.17) is 9.72 Å². The van der Waals surface area contributed by atoms with Crippen LogP contribution in [-0.4, -0.2) is 34.2 Å². The molecule has 31 heavy (non-hydrogen) atoms. The fraction of sp³-hybridized carbons (Fsp3) is 0.208. The van der Waals surface area contributed by atoms with Crippen LogP contribution in [0.25, 0.3) is 21.7 Å². The fourth-order valence-electron chi connectivity index (χ4n) is 3.85. The van der Waals surface area contributed by atoms with Crippen LogP contribution in [0.3, 0.4) is 0 Å². The molecule has 7 heteroatoms. The molecule has 1 saturated heterocycles. The first-order chi connectivity index (χ1) is 15.2. The minimum absolute atomic E-state index is 0.0838. The number of hydrogen-bond acceptors (Lipinski definition) is 6. The van der Waals surface area contributed by atoms with Crippen molar-refractivity contribution in [3.63, 3.8) is 0 Å². The van der Waals surface area contributed by atoms with Gasteiger partial charge in [0.25, 0.3) is 5.56 Å². The van der Waals surface area contributed by atoms with E-state index in [2.05, 4.69) is 51.7 Å². The van der Waals surface area contributed by atoms with Crippen LogP contribution in [-0.2, 0) is 11.8 Å². The Bertz CT molecular complexity index is 1240. The number of thiophene rings is 1. The number of hydrogen-bond donors (Lipinski definition) is 0. The van der Waals surface area contributed by atoms with Crippen molar-refractivity contribution in [2.45, 2.75) is 6.10 Å². The first kappa shape index (κ1) is 19.7. The van der Waals surface area contributed by atoms with Crippen molar-refractivity contribution in [2.75, 3.05) is 24.6 Å². The Hall–Kier alpha value is -3.29. The quantitative estimate of drug-likeness (QED) is 0.487. The van der Waals surface area contributed by atoms with Crippen LogP contribution in [0.2, 0.25) is 0 Å². The highest BCUT2D eigenvalue weighted by Crippen LogP contribution is 2.30. The maximum absolute atomic E-state index is 12.7. The molecule has 1 aliphatic heterocycles. The number of nitrogens with zero attached hydrogens (tertiary/aromatic N) is 4. The van der Waals surface area contributed by atoms with Crippen molar-refractivity contribution in [3.05, 3.63) is 88.3 Å². The molecule has 0 bridgehead atoms. The number of rotatable bonds is 4. The van der Waals surface area contributed by atoms with E-state index in [1.807, 2.05) is 12.1 Å². The van der Waals surface area contributed by atoms with Crippen molar-refractivity contribution >= 4 is 17.3 Å². The predicted octanol–water partition coefficient (Wildman–Crippen LogP) is 4.15. The first-order valence-corrected chi connectivity index (χ1v) is 11.1. The Labute approximate surface area is 184 Å². The predicted molar refractivity (Wildman–Crippen MR) is 123 cm³/mol. The maximum atomic E-state index is 12.7. The molecule has 0 aliphatic carbocycles. The molecule has 3 aromatic heterocycles. The van der Waals surface area contributed by atoms with E-state index in [0.717, 1.165) is 11.1 Å². The van der Waals surface area contributed by atoms with Crippen molar-refractivity contribution in [2.24, 2.45) is 7.05 Å². The Morgan fingerprint density at radius 1 is 1.06 bits per heavy atom. The van der Waals surface area contributed by atoms with Gasteiger partial charge in [0.05, 0.1) is 18.8 Å². The van der Waals surface area contributed by atoms with Gasteiger partial charge in [-0.25, -0.2) is 4.98 Å². The molecule has 1 atom stereocenters. The molecule has 6 nitrogen and oxygen atoms in total.